The zero-order chi connectivity index (χ0) is 45.3. The van der Waals surface area contributed by atoms with Crippen molar-refractivity contribution in [2.24, 2.45) is 0 Å². The van der Waals surface area contributed by atoms with Gasteiger partial charge in [-0.25, -0.2) is 9.59 Å². The average Bonchev–Trinajstić information content (AvgIpc) is 3.71. The number of hydrogen-bond donors (Lipinski definition) is 3. The van der Waals surface area contributed by atoms with Gasteiger partial charge in [0.05, 0.1) is 30.3 Å². The van der Waals surface area contributed by atoms with Crippen LogP contribution in [0.25, 0.3) is 0 Å². The molecule has 0 spiro atoms. The lowest BCUT2D eigenvalue weighted by Gasteiger charge is -2.21. The first-order chi connectivity index (χ1) is 31.1. The molecule has 2 amide bonds. The molecular weight excluding hydrogens is 817 g/mol. The standard InChI is InChI=1S/C51H54N2O11/c1-2-3-4-5-6-7-8-15-27-61-44-29-39(28-43(56)47(44)48(57)46-38(32-54)21-16-22-42(46)55)50(59)64-45-31-53(51(60)63-34-36-19-13-10-14-20-36)30-41(45)52-49(58)37-23-25-40(26-24-37)62-33-35-17-11-9-12-18-35/h9-14,16-26,28-29,32,41,45,55-56H,2-8,15,27,30-31,33-34H2,1H3,(H,52,58). The molecular formula is C51H54N2O11. The van der Waals surface area contributed by atoms with Crippen LogP contribution in [0.4, 0.5) is 4.79 Å². The lowest BCUT2D eigenvalue weighted by molar-refractivity contribution is 0.0259. The second-order valence-corrected chi connectivity index (χ2v) is 15.6. The Morgan fingerprint density at radius 1 is 0.688 bits per heavy atom. The summed E-state index contributed by atoms with van der Waals surface area (Å²) >= 11 is 0. The highest BCUT2D eigenvalue weighted by Gasteiger charge is 2.40. The molecule has 1 fully saturated rings. The predicted octanol–water partition coefficient (Wildman–Crippen LogP) is 9.22. The van der Waals surface area contributed by atoms with Crippen LogP contribution >= 0.6 is 0 Å². The maximum Gasteiger partial charge on any atom is 0.410 e. The van der Waals surface area contributed by atoms with Crippen LogP contribution < -0.4 is 14.8 Å². The van der Waals surface area contributed by atoms with Gasteiger partial charge in [-0.3, -0.25) is 14.4 Å². The molecule has 2 atom stereocenters. The van der Waals surface area contributed by atoms with E-state index in [1.807, 2.05) is 60.7 Å². The molecule has 5 aromatic carbocycles. The maximum absolute atomic E-state index is 14.0. The Morgan fingerprint density at radius 3 is 2.02 bits per heavy atom. The normalized spacial score (nSPS) is 14.4. The Labute approximate surface area is 372 Å². The van der Waals surface area contributed by atoms with E-state index >= 15 is 0 Å². The van der Waals surface area contributed by atoms with E-state index < -0.39 is 47.4 Å². The van der Waals surface area contributed by atoms with Crippen LogP contribution in [0.1, 0.15) is 116 Å². The molecule has 1 aliphatic heterocycles. The molecule has 13 heteroatoms. The fourth-order valence-corrected chi connectivity index (χ4v) is 7.40. The summed E-state index contributed by atoms with van der Waals surface area (Å²) < 4.78 is 23.5. The largest absolute Gasteiger partial charge is 0.507 e. The van der Waals surface area contributed by atoms with E-state index in [0.29, 0.717) is 30.6 Å². The smallest absolute Gasteiger partial charge is 0.410 e. The van der Waals surface area contributed by atoms with Crippen LogP contribution in [0.3, 0.4) is 0 Å². The van der Waals surface area contributed by atoms with Crippen LogP contribution in [-0.2, 0) is 22.7 Å². The Balaban J connectivity index is 1.20. The number of hydrogen-bond acceptors (Lipinski definition) is 11. The number of aromatic hydroxyl groups is 2. The fourth-order valence-electron chi connectivity index (χ4n) is 7.40. The van der Waals surface area contributed by atoms with E-state index in [0.717, 1.165) is 49.3 Å². The molecule has 0 aliphatic carbocycles. The van der Waals surface area contributed by atoms with E-state index in [9.17, 15) is 34.2 Å². The molecule has 5 aromatic rings. The minimum Gasteiger partial charge on any atom is -0.507 e. The zero-order valence-electron chi connectivity index (χ0n) is 35.9. The Hall–Kier alpha value is -7.15. The molecule has 3 N–H and O–H groups in total. The molecule has 0 aromatic heterocycles. The third-order valence-electron chi connectivity index (χ3n) is 10.9. The highest BCUT2D eigenvalue weighted by Crippen LogP contribution is 2.36. The number of ether oxygens (including phenoxy) is 4. The summed E-state index contributed by atoms with van der Waals surface area (Å²) in [7, 11) is 0. The molecule has 13 nitrogen and oxygen atoms in total. The summed E-state index contributed by atoms with van der Waals surface area (Å²) in [6.07, 6.45) is 6.88. The van der Waals surface area contributed by atoms with Crippen molar-refractivity contribution in [3.05, 3.63) is 154 Å². The number of nitrogens with zero attached hydrogens (tertiary/aromatic N) is 1. The van der Waals surface area contributed by atoms with E-state index in [-0.39, 0.29) is 54.3 Å². The van der Waals surface area contributed by atoms with Gasteiger partial charge in [-0.15, -0.1) is 0 Å². The first kappa shape index (κ1) is 46.4. The topological polar surface area (TPSA) is 178 Å². The molecule has 6 rings (SSSR count). The number of aldehydes is 1. The number of nitrogens with one attached hydrogen (secondary N) is 1. The Morgan fingerprint density at radius 2 is 1.34 bits per heavy atom. The number of unbranched alkanes of at least 4 members (excludes halogenated alkanes) is 7. The molecule has 0 saturated carbocycles. The van der Waals surface area contributed by atoms with Gasteiger partial charge in [0.15, 0.2) is 6.29 Å². The van der Waals surface area contributed by atoms with E-state index in [1.165, 1.54) is 42.0 Å². The third-order valence-corrected chi connectivity index (χ3v) is 10.9. The number of phenols is 2. The molecule has 334 valence electrons. The molecule has 1 aliphatic rings. The van der Waals surface area contributed by atoms with Crippen LogP contribution in [0, 0.1) is 0 Å². The van der Waals surface area contributed by atoms with Crippen molar-refractivity contribution in [1.29, 1.82) is 0 Å². The maximum atomic E-state index is 14.0. The Kier molecular flexibility index (Phi) is 16.9. The van der Waals surface area contributed by atoms with Gasteiger partial charge in [0.2, 0.25) is 5.78 Å². The summed E-state index contributed by atoms with van der Waals surface area (Å²) in [6.45, 7) is 2.46. The molecule has 64 heavy (non-hydrogen) atoms. The van der Waals surface area contributed by atoms with Crippen LogP contribution in [-0.4, -0.2) is 77.0 Å². The van der Waals surface area contributed by atoms with E-state index in [2.05, 4.69) is 12.2 Å². The summed E-state index contributed by atoms with van der Waals surface area (Å²) in [5, 5.41) is 24.9. The molecule has 2 unspecified atom stereocenters. The highest BCUT2D eigenvalue weighted by atomic mass is 16.6. The van der Waals surface area contributed by atoms with Gasteiger partial charge in [-0.05, 0) is 60.0 Å². The second kappa shape index (κ2) is 23.3. The first-order valence-electron chi connectivity index (χ1n) is 21.7. The third kappa shape index (κ3) is 12.7. The van der Waals surface area contributed by atoms with E-state index in [1.54, 1.807) is 24.3 Å². The van der Waals surface area contributed by atoms with Gasteiger partial charge in [0.25, 0.3) is 5.91 Å². The predicted molar refractivity (Wildman–Crippen MR) is 239 cm³/mol. The number of phenolic OH excluding ortho intramolecular Hbond substituents is 2. The summed E-state index contributed by atoms with van der Waals surface area (Å²) in [4.78, 5) is 68.2. The minimum atomic E-state index is -1.07. The number of rotatable bonds is 22. The SMILES string of the molecule is CCCCCCCCCCOc1cc(C(=O)OC2CN(C(=O)OCc3ccccc3)CC2NC(=O)c2ccc(OCc3ccccc3)cc2)cc(O)c1C(=O)c1c(O)cccc1C=O. The lowest BCUT2D eigenvalue weighted by Crippen LogP contribution is -2.44. The van der Waals surface area contributed by atoms with Crippen molar-refractivity contribution in [3.8, 4) is 23.0 Å². The quantitative estimate of drug-likeness (QED) is 0.0261. The van der Waals surface area contributed by atoms with Crippen molar-refractivity contribution < 1.29 is 53.1 Å². The number of carbonyl (C=O) groups excluding carboxylic acids is 5. The molecule has 0 bridgehead atoms. The Bertz CT molecular complexity index is 2350. The van der Waals surface area contributed by atoms with Crippen LogP contribution in [0.2, 0.25) is 0 Å². The highest BCUT2D eigenvalue weighted by molar-refractivity contribution is 6.17. The molecule has 1 heterocycles. The first-order valence-corrected chi connectivity index (χ1v) is 21.7. The van der Waals surface area contributed by atoms with Gasteiger partial charge in [0.1, 0.15) is 47.9 Å². The summed E-state index contributed by atoms with van der Waals surface area (Å²) in [5.74, 6) is -3.03. The number of carbonyl (C=O) groups is 5. The fraction of sp³-hybridized carbons (Fsp3) is 0.314. The van der Waals surface area contributed by atoms with Crippen molar-refractivity contribution in [2.45, 2.75) is 83.6 Å². The number of amides is 2. The van der Waals surface area contributed by atoms with Crippen molar-refractivity contribution >= 4 is 30.0 Å². The summed E-state index contributed by atoms with van der Waals surface area (Å²) in [5.41, 5.74) is 1.08. The average molecular weight is 871 g/mol. The van der Waals surface area contributed by atoms with E-state index in [4.69, 9.17) is 18.9 Å². The zero-order valence-corrected chi connectivity index (χ0v) is 35.9. The molecule has 1 saturated heterocycles. The minimum absolute atomic E-state index is 0.00246. The summed E-state index contributed by atoms with van der Waals surface area (Å²) in [6, 6.07) is 30.8. The van der Waals surface area contributed by atoms with Gasteiger partial charge < -0.3 is 39.4 Å². The van der Waals surface area contributed by atoms with Gasteiger partial charge in [-0.1, -0.05) is 125 Å². The van der Waals surface area contributed by atoms with Gasteiger partial charge >= 0.3 is 12.1 Å². The van der Waals surface area contributed by atoms with Crippen molar-refractivity contribution in [3.63, 3.8) is 0 Å². The van der Waals surface area contributed by atoms with Crippen molar-refractivity contribution in [1.82, 2.24) is 10.2 Å². The van der Waals surface area contributed by atoms with Crippen LogP contribution in [0.15, 0.2) is 115 Å². The molecule has 0 radical (unpaired) electrons. The van der Waals surface area contributed by atoms with Gasteiger partial charge in [-0.2, -0.15) is 0 Å². The number of likely N-dealkylation sites (tertiary alicyclic amines) is 1. The lowest BCUT2D eigenvalue weighted by atomic mass is 9.95. The van der Waals surface area contributed by atoms with Gasteiger partial charge in [0, 0.05) is 17.7 Å². The monoisotopic (exact) mass is 870 g/mol. The second-order valence-electron chi connectivity index (χ2n) is 15.6. The number of esters is 1. The van der Waals surface area contributed by atoms with Crippen LogP contribution in [0.5, 0.6) is 23.0 Å². The number of benzene rings is 5. The van der Waals surface area contributed by atoms with Crippen molar-refractivity contribution in [2.75, 3.05) is 19.7 Å². The number of ketones is 1.